The molecule has 0 heterocycles. The Morgan fingerprint density at radius 1 is 1.41 bits per heavy atom. The van der Waals surface area contributed by atoms with E-state index in [1.54, 1.807) is 12.1 Å². The summed E-state index contributed by atoms with van der Waals surface area (Å²) in [7, 11) is 0. The average molecular weight is 255 g/mol. The molecule has 92 valence electrons. The van der Waals surface area contributed by atoms with E-state index in [1.807, 2.05) is 6.92 Å². The van der Waals surface area contributed by atoms with Crippen molar-refractivity contribution in [3.8, 4) is 0 Å². The van der Waals surface area contributed by atoms with Crippen molar-refractivity contribution in [2.24, 2.45) is 5.41 Å². The third-order valence-corrected chi connectivity index (χ3v) is 4.02. The molecule has 0 radical (unpaired) electrons. The van der Waals surface area contributed by atoms with Crippen LogP contribution in [0.15, 0.2) is 18.2 Å². The molecule has 17 heavy (non-hydrogen) atoms. The second-order valence-corrected chi connectivity index (χ2v) is 5.52. The maximum Gasteiger partial charge on any atom is 0.143 e. The van der Waals surface area contributed by atoms with Gasteiger partial charge in [-0.3, -0.25) is 4.79 Å². The van der Waals surface area contributed by atoms with Crippen LogP contribution in [-0.4, -0.2) is 5.78 Å². The van der Waals surface area contributed by atoms with Crippen LogP contribution in [0.2, 0.25) is 5.02 Å². The van der Waals surface area contributed by atoms with Crippen molar-refractivity contribution < 1.29 is 9.18 Å². The van der Waals surface area contributed by atoms with E-state index >= 15 is 0 Å². The topological polar surface area (TPSA) is 17.1 Å². The summed E-state index contributed by atoms with van der Waals surface area (Å²) in [4.78, 5) is 12.2. The monoisotopic (exact) mass is 254 g/mol. The van der Waals surface area contributed by atoms with Gasteiger partial charge < -0.3 is 0 Å². The largest absolute Gasteiger partial charge is 0.299 e. The van der Waals surface area contributed by atoms with Crippen LogP contribution in [0.3, 0.4) is 0 Å². The summed E-state index contributed by atoms with van der Waals surface area (Å²) in [6.45, 7) is 2.04. The Morgan fingerprint density at radius 2 is 2.06 bits per heavy atom. The lowest BCUT2D eigenvalue weighted by atomic mass is 9.81. The third-order valence-electron chi connectivity index (χ3n) is 3.73. The fraction of sp³-hybridized carbons (Fsp3) is 0.500. The highest BCUT2D eigenvalue weighted by Crippen LogP contribution is 2.39. The summed E-state index contributed by atoms with van der Waals surface area (Å²) in [6, 6.07) is 4.51. The van der Waals surface area contributed by atoms with Crippen molar-refractivity contribution in [1.29, 1.82) is 0 Å². The zero-order valence-corrected chi connectivity index (χ0v) is 10.7. The van der Waals surface area contributed by atoms with Crippen LogP contribution in [0.5, 0.6) is 0 Å². The Balaban J connectivity index is 2.10. The standard InChI is InChI=1S/C14H16ClFO/c1-14(6-2-3-7-14)13(17)9-10-4-5-12(16)11(15)8-10/h4-5,8H,2-3,6-7,9H2,1H3. The first-order chi connectivity index (χ1) is 8.01. The number of carbonyl (C=O) groups excluding carboxylic acids is 1. The fourth-order valence-corrected chi connectivity index (χ4v) is 2.69. The van der Waals surface area contributed by atoms with Crippen LogP contribution >= 0.6 is 11.6 Å². The molecule has 0 aliphatic heterocycles. The lowest BCUT2D eigenvalue weighted by molar-refractivity contribution is -0.126. The number of hydrogen-bond acceptors (Lipinski definition) is 1. The van der Waals surface area contributed by atoms with Gasteiger partial charge in [0.15, 0.2) is 0 Å². The van der Waals surface area contributed by atoms with Crippen molar-refractivity contribution in [3.63, 3.8) is 0 Å². The Kier molecular flexibility index (Phi) is 3.53. The van der Waals surface area contributed by atoms with E-state index < -0.39 is 5.82 Å². The van der Waals surface area contributed by atoms with Gasteiger partial charge in [-0.2, -0.15) is 0 Å². The highest BCUT2D eigenvalue weighted by atomic mass is 35.5. The lowest BCUT2D eigenvalue weighted by Crippen LogP contribution is -2.25. The van der Waals surface area contributed by atoms with Gasteiger partial charge >= 0.3 is 0 Å². The van der Waals surface area contributed by atoms with Crippen molar-refractivity contribution >= 4 is 17.4 Å². The van der Waals surface area contributed by atoms with Gasteiger partial charge in [-0.15, -0.1) is 0 Å². The van der Waals surface area contributed by atoms with Crippen LogP contribution < -0.4 is 0 Å². The zero-order chi connectivity index (χ0) is 12.5. The number of Topliss-reactive ketones (excluding diaryl/α,β-unsaturated/α-hetero) is 1. The van der Waals surface area contributed by atoms with Gasteiger partial charge in [0.25, 0.3) is 0 Å². The van der Waals surface area contributed by atoms with Gasteiger partial charge in [0.05, 0.1) is 5.02 Å². The number of benzene rings is 1. The quantitative estimate of drug-likeness (QED) is 0.791. The van der Waals surface area contributed by atoms with Crippen molar-refractivity contribution in [1.82, 2.24) is 0 Å². The molecule has 0 aromatic heterocycles. The predicted octanol–water partition coefficient (Wildman–Crippen LogP) is 4.17. The first-order valence-corrected chi connectivity index (χ1v) is 6.36. The molecular formula is C14H16ClFO. The zero-order valence-electron chi connectivity index (χ0n) is 9.93. The molecule has 0 saturated heterocycles. The summed E-state index contributed by atoms with van der Waals surface area (Å²) in [5.41, 5.74) is 0.621. The minimum atomic E-state index is -0.435. The molecule has 0 spiro atoms. The Morgan fingerprint density at radius 3 is 2.65 bits per heavy atom. The highest BCUT2D eigenvalue weighted by Gasteiger charge is 2.35. The second kappa shape index (κ2) is 4.77. The predicted molar refractivity (Wildman–Crippen MR) is 66.7 cm³/mol. The summed E-state index contributed by atoms with van der Waals surface area (Å²) < 4.78 is 13.0. The lowest BCUT2D eigenvalue weighted by Gasteiger charge is -2.21. The molecule has 1 aromatic rings. The normalized spacial score (nSPS) is 18.3. The minimum Gasteiger partial charge on any atom is -0.299 e. The minimum absolute atomic E-state index is 0.0897. The molecule has 2 rings (SSSR count). The summed E-state index contributed by atoms with van der Waals surface area (Å²) in [5.74, 6) is -0.187. The van der Waals surface area contributed by atoms with Gasteiger partial charge in [0, 0.05) is 11.8 Å². The molecular weight excluding hydrogens is 239 g/mol. The number of ketones is 1. The summed E-state index contributed by atoms with van der Waals surface area (Å²) >= 11 is 5.71. The van der Waals surface area contributed by atoms with Crippen molar-refractivity contribution in [2.75, 3.05) is 0 Å². The van der Waals surface area contributed by atoms with Gasteiger partial charge in [0.1, 0.15) is 11.6 Å². The van der Waals surface area contributed by atoms with Gasteiger partial charge in [-0.05, 0) is 30.5 Å². The smallest absolute Gasteiger partial charge is 0.143 e. The molecule has 0 N–H and O–H groups in total. The molecule has 1 fully saturated rings. The van der Waals surface area contributed by atoms with E-state index in [1.165, 1.54) is 6.07 Å². The second-order valence-electron chi connectivity index (χ2n) is 5.12. The molecule has 1 aliphatic rings. The molecule has 1 aromatic carbocycles. The molecule has 3 heteroatoms. The van der Waals surface area contributed by atoms with Gasteiger partial charge in [-0.25, -0.2) is 4.39 Å². The molecule has 0 bridgehead atoms. The van der Waals surface area contributed by atoms with E-state index in [0.29, 0.717) is 6.42 Å². The van der Waals surface area contributed by atoms with Crippen LogP contribution in [0.4, 0.5) is 4.39 Å². The van der Waals surface area contributed by atoms with Crippen LogP contribution in [0.1, 0.15) is 38.2 Å². The molecule has 0 atom stereocenters. The summed E-state index contributed by atoms with van der Waals surface area (Å²) in [5, 5.41) is 0.0897. The van der Waals surface area contributed by atoms with E-state index in [-0.39, 0.29) is 16.2 Å². The Labute approximate surface area is 106 Å². The number of rotatable bonds is 3. The van der Waals surface area contributed by atoms with E-state index in [4.69, 9.17) is 11.6 Å². The SMILES string of the molecule is CC1(C(=O)Cc2ccc(F)c(Cl)c2)CCCC1. The molecule has 1 saturated carbocycles. The first-order valence-electron chi connectivity index (χ1n) is 5.98. The Bertz CT molecular complexity index is 436. The van der Waals surface area contributed by atoms with Gasteiger partial charge in [0.2, 0.25) is 0 Å². The fourth-order valence-electron chi connectivity index (χ4n) is 2.48. The maximum absolute atomic E-state index is 13.0. The van der Waals surface area contributed by atoms with E-state index in [9.17, 15) is 9.18 Å². The van der Waals surface area contributed by atoms with Crippen molar-refractivity contribution in [2.45, 2.75) is 39.0 Å². The van der Waals surface area contributed by atoms with Gasteiger partial charge in [-0.1, -0.05) is 37.4 Å². The molecule has 1 nitrogen and oxygen atoms in total. The number of halogens is 2. The van der Waals surface area contributed by atoms with Crippen LogP contribution in [-0.2, 0) is 11.2 Å². The maximum atomic E-state index is 13.0. The molecule has 0 unspecified atom stereocenters. The van der Waals surface area contributed by atoms with E-state index in [2.05, 4.69) is 0 Å². The molecule has 0 amide bonds. The van der Waals surface area contributed by atoms with Crippen LogP contribution in [0, 0.1) is 11.2 Å². The van der Waals surface area contributed by atoms with Crippen LogP contribution in [0.25, 0.3) is 0 Å². The number of hydrogen-bond donors (Lipinski definition) is 0. The summed E-state index contributed by atoms with van der Waals surface area (Å²) in [6.07, 6.45) is 4.57. The third kappa shape index (κ3) is 2.68. The highest BCUT2D eigenvalue weighted by molar-refractivity contribution is 6.30. The molecule has 1 aliphatic carbocycles. The average Bonchev–Trinajstić information content (AvgIpc) is 2.72. The Hall–Kier alpha value is -0.890. The number of carbonyl (C=O) groups is 1. The van der Waals surface area contributed by atoms with Crippen molar-refractivity contribution in [3.05, 3.63) is 34.6 Å². The first kappa shape index (κ1) is 12.6. The van der Waals surface area contributed by atoms with E-state index in [0.717, 1.165) is 31.2 Å².